The van der Waals surface area contributed by atoms with Crippen LogP contribution in [0.25, 0.3) is 22.3 Å². The zero-order chi connectivity index (χ0) is 24.5. The van der Waals surface area contributed by atoms with E-state index in [9.17, 15) is 15.0 Å². The van der Waals surface area contributed by atoms with Crippen LogP contribution < -0.4 is 10.2 Å². The van der Waals surface area contributed by atoms with Gasteiger partial charge in [0.1, 0.15) is 17.7 Å². The molecule has 1 aliphatic heterocycles. The number of carbonyl (C=O) groups is 1. The summed E-state index contributed by atoms with van der Waals surface area (Å²) in [5, 5.41) is 24.6. The van der Waals surface area contributed by atoms with Gasteiger partial charge in [-0.1, -0.05) is 39.0 Å². The highest BCUT2D eigenvalue weighted by Crippen LogP contribution is 2.33. The fourth-order valence-electron chi connectivity index (χ4n) is 4.45. The SMILES string of the molecule is Cc1ccc2c(N3CCC(NC(=O)[C@@H](O)CC(C)(C)C)CC3)nc(-c3ccccc3O)nc2c1.[HH].[HH].[HH]. The molecule has 0 bridgehead atoms. The summed E-state index contributed by atoms with van der Waals surface area (Å²) < 4.78 is 0. The molecule has 7 heteroatoms. The largest absolute Gasteiger partial charge is 0.507 e. The van der Waals surface area contributed by atoms with Crippen LogP contribution in [0.2, 0.25) is 0 Å². The number of nitrogens with zero attached hydrogens (tertiary/aromatic N) is 3. The van der Waals surface area contributed by atoms with E-state index < -0.39 is 6.10 Å². The molecule has 1 aliphatic rings. The van der Waals surface area contributed by atoms with Gasteiger partial charge in [-0.2, -0.15) is 0 Å². The van der Waals surface area contributed by atoms with Crippen LogP contribution in [-0.2, 0) is 4.79 Å². The van der Waals surface area contributed by atoms with Gasteiger partial charge in [0.15, 0.2) is 5.82 Å². The second-order valence-electron chi connectivity index (χ2n) is 10.5. The smallest absolute Gasteiger partial charge is 0.249 e. The van der Waals surface area contributed by atoms with Gasteiger partial charge in [0.05, 0.1) is 11.1 Å². The van der Waals surface area contributed by atoms with Gasteiger partial charge < -0.3 is 20.4 Å². The lowest BCUT2D eigenvalue weighted by Gasteiger charge is -2.34. The summed E-state index contributed by atoms with van der Waals surface area (Å²) in [6.07, 6.45) is 0.960. The summed E-state index contributed by atoms with van der Waals surface area (Å²) in [4.78, 5) is 24.3. The van der Waals surface area contributed by atoms with Crippen LogP contribution >= 0.6 is 0 Å². The minimum atomic E-state index is -0.992. The second kappa shape index (κ2) is 9.58. The van der Waals surface area contributed by atoms with Gasteiger partial charge in [-0.3, -0.25) is 4.79 Å². The number of rotatable bonds is 5. The number of aryl methyl sites for hydroxylation is 1. The number of benzene rings is 2. The first-order valence-electron chi connectivity index (χ1n) is 11.9. The topological polar surface area (TPSA) is 98.6 Å². The fraction of sp³-hybridized carbons (Fsp3) is 0.444. The molecule has 34 heavy (non-hydrogen) atoms. The minimum Gasteiger partial charge on any atom is -0.507 e. The van der Waals surface area contributed by atoms with Gasteiger partial charge in [-0.25, -0.2) is 9.97 Å². The molecule has 3 aromatic rings. The van der Waals surface area contributed by atoms with Crippen molar-refractivity contribution in [2.75, 3.05) is 18.0 Å². The normalized spacial score (nSPS) is 16.0. The highest BCUT2D eigenvalue weighted by atomic mass is 16.3. The third kappa shape index (κ3) is 5.47. The van der Waals surface area contributed by atoms with Crippen molar-refractivity contribution >= 4 is 22.6 Å². The molecule has 0 spiro atoms. The molecular weight excluding hydrogens is 428 g/mol. The van der Waals surface area contributed by atoms with Crippen molar-refractivity contribution in [2.45, 2.75) is 59.1 Å². The third-order valence-corrected chi connectivity index (χ3v) is 6.23. The second-order valence-corrected chi connectivity index (χ2v) is 10.5. The molecule has 1 amide bonds. The first-order chi connectivity index (χ1) is 16.1. The first kappa shape index (κ1) is 24.0. The molecule has 186 valence electrons. The van der Waals surface area contributed by atoms with Crippen LogP contribution in [0.15, 0.2) is 42.5 Å². The number of nitrogens with one attached hydrogen (secondary N) is 1. The molecule has 7 nitrogen and oxygen atoms in total. The highest BCUT2D eigenvalue weighted by molar-refractivity contribution is 5.92. The Bertz CT molecular complexity index is 1200. The van der Waals surface area contributed by atoms with Crippen molar-refractivity contribution < 1.29 is 19.3 Å². The number of fused-ring (bicyclic) bond motifs is 1. The average Bonchev–Trinajstić information content (AvgIpc) is 2.78. The Balaban J connectivity index is 0.00000228. The Morgan fingerprint density at radius 2 is 1.88 bits per heavy atom. The number of phenols is 1. The number of aromatic nitrogens is 2. The van der Waals surface area contributed by atoms with E-state index in [0.29, 0.717) is 17.8 Å². The summed E-state index contributed by atoms with van der Waals surface area (Å²) in [6.45, 7) is 9.51. The molecule has 0 aliphatic carbocycles. The lowest BCUT2D eigenvalue weighted by Crippen LogP contribution is -2.48. The molecule has 4 rings (SSSR count). The summed E-state index contributed by atoms with van der Waals surface area (Å²) in [7, 11) is 0. The quantitative estimate of drug-likeness (QED) is 0.491. The monoisotopic (exact) mass is 468 g/mol. The molecule has 3 N–H and O–H groups in total. The van der Waals surface area contributed by atoms with E-state index in [1.807, 2.05) is 52.0 Å². The van der Waals surface area contributed by atoms with Gasteiger partial charge in [0.25, 0.3) is 0 Å². The van der Waals surface area contributed by atoms with Crippen LogP contribution in [0.3, 0.4) is 0 Å². The number of carbonyl (C=O) groups excluding carboxylic acids is 1. The zero-order valence-corrected chi connectivity index (χ0v) is 20.4. The molecule has 2 aromatic carbocycles. The number of amides is 1. The number of anilines is 1. The van der Waals surface area contributed by atoms with Gasteiger partial charge in [0, 0.05) is 28.8 Å². The number of hydrogen-bond acceptors (Lipinski definition) is 6. The van der Waals surface area contributed by atoms with Crippen LogP contribution in [0.4, 0.5) is 5.82 Å². The lowest BCUT2D eigenvalue weighted by atomic mass is 9.89. The molecular formula is C27H40N4O3. The summed E-state index contributed by atoms with van der Waals surface area (Å²) in [5.74, 6) is 1.18. The van der Waals surface area contributed by atoms with E-state index in [1.165, 1.54) is 0 Å². The number of aliphatic hydroxyl groups excluding tert-OH is 1. The first-order valence-corrected chi connectivity index (χ1v) is 11.9. The predicted molar refractivity (Wildman–Crippen MR) is 141 cm³/mol. The number of phenolic OH excluding ortho intramolecular Hbond substituents is 1. The Kier molecular flexibility index (Phi) is 6.75. The van der Waals surface area contributed by atoms with Gasteiger partial charge >= 0.3 is 0 Å². The maximum absolute atomic E-state index is 12.5. The van der Waals surface area contributed by atoms with Crippen molar-refractivity contribution in [2.24, 2.45) is 5.41 Å². The number of piperidine rings is 1. The Morgan fingerprint density at radius 1 is 1.18 bits per heavy atom. The zero-order valence-electron chi connectivity index (χ0n) is 20.4. The van der Waals surface area contributed by atoms with E-state index in [4.69, 9.17) is 9.97 Å². The molecule has 0 unspecified atom stereocenters. The fourth-order valence-corrected chi connectivity index (χ4v) is 4.45. The lowest BCUT2D eigenvalue weighted by molar-refractivity contribution is -0.131. The predicted octanol–water partition coefficient (Wildman–Crippen LogP) is 4.93. The molecule has 1 atom stereocenters. The van der Waals surface area contributed by atoms with E-state index in [-0.39, 0.29) is 27.4 Å². The van der Waals surface area contributed by atoms with Crippen molar-refractivity contribution in [3.63, 3.8) is 0 Å². The number of aromatic hydroxyl groups is 1. The van der Waals surface area contributed by atoms with E-state index >= 15 is 0 Å². The number of para-hydroxylation sites is 1. The highest BCUT2D eigenvalue weighted by Gasteiger charge is 2.28. The molecule has 1 saturated heterocycles. The molecule has 2 heterocycles. The van der Waals surface area contributed by atoms with Crippen LogP contribution in [0.1, 0.15) is 49.9 Å². The van der Waals surface area contributed by atoms with Crippen molar-refractivity contribution in [1.82, 2.24) is 15.3 Å². The van der Waals surface area contributed by atoms with E-state index in [0.717, 1.165) is 48.2 Å². The van der Waals surface area contributed by atoms with Crippen molar-refractivity contribution in [3.8, 4) is 17.1 Å². The molecule has 1 aromatic heterocycles. The van der Waals surface area contributed by atoms with Gasteiger partial charge in [-0.15, -0.1) is 0 Å². The van der Waals surface area contributed by atoms with Crippen LogP contribution in [0, 0.1) is 12.3 Å². The molecule has 1 fully saturated rings. The Hall–Kier alpha value is -3.19. The number of aliphatic hydroxyl groups is 1. The van der Waals surface area contributed by atoms with Crippen LogP contribution in [0.5, 0.6) is 5.75 Å². The molecule has 0 radical (unpaired) electrons. The van der Waals surface area contributed by atoms with Crippen molar-refractivity contribution in [1.29, 1.82) is 0 Å². The summed E-state index contributed by atoms with van der Waals surface area (Å²) in [6, 6.07) is 13.3. The summed E-state index contributed by atoms with van der Waals surface area (Å²) in [5.41, 5.74) is 2.43. The molecule has 0 saturated carbocycles. The summed E-state index contributed by atoms with van der Waals surface area (Å²) >= 11 is 0. The Labute approximate surface area is 205 Å². The number of hydrogen-bond donors (Lipinski definition) is 3. The van der Waals surface area contributed by atoms with Crippen LogP contribution in [-0.4, -0.2) is 51.3 Å². The Morgan fingerprint density at radius 3 is 2.56 bits per heavy atom. The van der Waals surface area contributed by atoms with Gasteiger partial charge in [0.2, 0.25) is 5.91 Å². The van der Waals surface area contributed by atoms with Crippen molar-refractivity contribution in [3.05, 3.63) is 48.0 Å². The average molecular weight is 469 g/mol. The van der Waals surface area contributed by atoms with Gasteiger partial charge in [-0.05, 0) is 61.4 Å². The van der Waals surface area contributed by atoms with E-state index in [1.54, 1.807) is 12.1 Å². The standard InChI is InChI=1S/C27H34N4O3.3H2/c1-17-9-10-19-21(15-17)29-24(20-7-5-6-8-22(20)32)30-25(19)31-13-11-18(12-14-31)28-26(34)23(33)16-27(2,3)4;;;/h5-10,15,18,23,32-33H,11-14,16H2,1-4H3,(H,28,34);3*1H/t23-;;;/m0.../s1. The third-order valence-electron chi connectivity index (χ3n) is 6.23. The maximum atomic E-state index is 12.5. The van der Waals surface area contributed by atoms with E-state index in [2.05, 4.69) is 16.3 Å². The maximum Gasteiger partial charge on any atom is 0.249 e. The minimum absolute atomic E-state index is 0.